The monoisotopic (exact) mass is 281 g/mol. The van der Waals surface area contributed by atoms with Crippen LogP contribution in [-0.2, 0) is 0 Å². The van der Waals surface area contributed by atoms with Crippen molar-refractivity contribution in [1.82, 2.24) is 19.9 Å². The summed E-state index contributed by atoms with van der Waals surface area (Å²) in [7, 11) is 4.02. The van der Waals surface area contributed by atoms with Gasteiger partial charge in [-0.1, -0.05) is 12.1 Å². The van der Waals surface area contributed by atoms with Crippen molar-refractivity contribution in [2.24, 2.45) is 5.10 Å². The Bertz CT molecular complexity index is 758. The van der Waals surface area contributed by atoms with E-state index in [9.17, 15) is 0 Å². The predicted molar refractivity (Wildman–Crippen MR) is 83.7 cm³/mol. The fourth-order valence-electron chi connectivity index (χ4n) is 1.88. The highest BCUT2D eigenvalue weighted by molar-refractivity contribution is 5.84. The number of hydrogen-bond acceptors (Lipinski definition) is 6. The first-order valence-electron chi connectivity index (χ1n) is 6.44. The van der Waals surface area contributed by atoms with Gasteiger partial charge in [0, 0.05) is 19.8 Å². The van der Waals surface area contributed by atoms with Crippen molar-refractivity contribution in [2.75, 3.05) is 24.4 Å². The average Bonchev–Trinajstić information content (AvgIpc) is 2.97. The first-order chi connectivity index (χ1) is 10.2. The van der Waals surface area contributed by atoms with Crippen molar-refractivity contribution < 1.29 is 0 Å². The van der Waals surface area contributed by atoms with E-state index in [2.05, 4.69) is 35.4 Å². The van der Waals surface area contributed by atoms with Gasteiger partial charge in [0.15, 0.2) is 11.5 Å². The quantitative estimate of drug-likeness (QED) is 0.563. The van der Waals surface area contributed by atoms with Crippen LogP contribution in [0.2, 0.25) is 0 Å². The summed E-state index contributed by atoms with van der Waals surface area (Å²) in [6.07, 6.45) is 4.77. The lowest BCUT2D eigenvalue weighted by Crippen LogP contribution is -2.08. The van der Waals surface area contributed by atoms with Crippen molar-refractivity contribution in [3.63, 3.8) is 0 Å². The summed E-state index contributed by atoms with van der Waals surface area (Å²) in [5, 5.41) is 4.19. The second-order valence-corrected chi connectivity index (χ2v) is 4.68. The molecular formula is C14H15N7. The van der Waals surface area contributed by atoms with E-state index in [1.54, 1.807) is 12.5 Å². The Balaban J connectivity index is 1.73. The smallest absolute Gasteiger partial charge is 0.182 e. The standard InChI is InChI=1S/C14H15N7/c1-21(2)11-5-3-10(4-6-11)7-19-20-14-12-13(16-8-15-12)17-9-18-14/h3-9H,1-2H3,(H2,15,16,17,18,20)/b19-7-. The van der Waals surface area contributed by atoms with Gasteiger partial charge >= 0.3 is 0 Å². The third kappa shape index (κ3) is 2.81. The highest BCUT2D eigenvalue weighted by atomic mass is 15.3. The van der Waals surface area contributed by atoms with E-state index in [1.165, 1.54) is 6.33 Å². The molecule has 21 heavy (non-hydrogen) atoms. The molecule has 2 heterocycles. The minimum Gasteiger partial charge on any atom is -0.378 e. The predicted octanol–water partition coefficient (Wildman–Crippen LogP) is 1.86. The number of imidazole rings is 1. The molecule has 1 aromatic carbocycles. The molecule has 3 rings (SSSR count). The number of aromatic amines is 1. The van der Waals surface area contributed by atoms with Gasteiger partial charge in [0.05, 0.1) is 12.5 Å². The molecular weight excluding hydrogens is 266 g/mol. The number of fused-ring (bicyclic) bond motifs is 1. The summed E-state index contributed by atoms with van der Waals surface area (Å²) < 4.78 is 0. The Morgan fingerprint density at radius 1 is 1.14 bits per heavy atom. The zero-order chi connectivity index (χ0) is 14.7. The third-order valence-electron chi connectivity index (χ3n) is 3.02. The number of hydrazone groups is 1. The normalized spacial score (nSPS) is 11.1. The number of nitrogens with zero attached hydrogens (tertiary/aromatic N) is 5. The second-order valence-electron chi connectivity index (χ2n) is 4.68. The molecule has 0 radical (unpaired) electrons. The van der Waals surface area contributed by atoms with Gasteiger partial charge in [-0.3, -0.25) is 5.43 Å². The molecule has 0 amide bonds. The number of hydrogen-bond donors (Lipinski definition) is 2. The second kappa shape index (κ2) is 5.58. The van der Waals surface area contributed by atoms with Crippen molar-refractivity contribution in [1.29, 1.82) is 0 Å². The van der Waals surface area contributed by atoms with Crippen LogP contribution >= 0.6 is 0 Å². The number of aromatic nitrogens is 4. The topological polar surface area (TPSA) is 82.1 Å². The van der Waals surface area contributed by atoms with E-state index >= 15 is 0 Å². The molecule has 106 valence electrons. The lowest BCUT2D eigenvalue weighted by atomic mass is 10.2. The molecule has 2 N–H and O–H groups in total. The van der Waals surface area contributed by atoms with Crippen LogP contribution in [0.1, 0.15) is 5.56 Å². The number of benzene rings is 1. The van der Waals surface area contributed by atoms with Gasteiger partial charge in [-0.15, -0.1) is 0 Å². The van der Waals surface area contributed by atoms with Crippen LogP contribution < -0.4 is 10.3 Å². The zero-order valence-electron chi connectivity index (χ0n) is 11.8. The fraction of sp³-hybridized carbons (Fsp3) is 0.143. The number of anilines is 2. The van der Waals surface area contributed by atoms with Crippen LogP contribution in [0.25, 0.3) is 11.2 Å². The van der Waals surface area contributed by atoms with E-state index in [4.69, 9.17) is 0 Å². The molecule has 7 heteroatoms. The largest absolute Gasteiger partial charge is 0.378 e. The lowest BCUT2D eigenvalue weighted by Gasteiger charge is -2.11. The van der Waals surface area contributed by atoms with E-state index < -0.39 is 0 Å². The van der Waals surface area contributed by atoms with Crippen LogP contribution in [-0.4, -0.2) is 40.2 Å². The minimum absolute atomic E-state index is 0.596. The minimum atomic E-state index is 0.596. The molecule has 0 aliphatic carbocycles. The van der Waals surface area contributed by atoms with Gasteiger partial charge in [-0.25, -0.2) is 15.0 Å². The maximum Gasteiger partial charge on any atom is 0.182 e. The lowest BCUT2D eigenvalue weighted by molar-refractivity contribution is 1.13. The maximum atomic E-state index is 4.19. The molecule has 0 aliphatic rings. The van der Waals surface area contributed by atoms with Gasteiger partial charge in [0.2, 0.25) is 0 Å². The number of nitrogens with one attached hydrogen (secondary N) is 2. The van der Waals surface area contributed by atoms with E-state index in [1.807, 2.05) is 38.4 Å². The maximum absolute atomic E-state index is 4.19. The molecule has 0 atom stereocenters. The summed E-state index contributed by atoms with van der Waals surface area (Å²) >= 11 is 0. The SMILES string of the molecule is CN(C)c1ccc(/C=N\Nc2ncnc3nc[nH]c23)cc1. The Labute approximate surface area is 121 Å². The Kier molecular flexibility index (Phi) is 3.46. The molecule has 2 aromatic heterocycles. The Hall–Kier alpha value is -2.96. The van der Waals surface area contributed by atoms with Crippen molar-refractivity contribution in [3.05, 3.63) is 42.5 Å². The van der Waals surface area contributed by atoms with Crippen LogP contribution in [0, 0.1) is 0 Å². The molecule has 0 unspecified atom stereocenters. The Morgan fingerprint density at radius 2 is 1.95 bits per heavy atom. The van der Waals surface area contributed by atoms with Gasteiger partial charge in [0.1, 0.15) is 11.8 Å². The van der Waals surface area contributed by atoms with Gasteiger partial charge < -0.3 is 9.88 Å². The molecule has 7 nitrogen and oxygen atoms in total. The summed E-state index contributed by atoms with van der Waals surface area (Å²) in [6, 6.07) is 8.09. The highest BCUT2D eigenvalue weighted by Crippen LogP contribution is 2.14. The number of H-pyrrole nitrogens is 1. The summed E-state index contributed by atoms with van der Waals surface area (Å²) in [6.45, 7) is 0. The Morgan fingerprint density at radius 3 is 2.71 bits per heavy atom. The van der Waals surface area contributed by atoms with Crippen LogP contribution in [0.15, 0.2) is 42.0 Å². The van der Waals surface area contributed by atoms with E-state index in [0.29, 0.717) is 11.5 Å². The molecule has 0 saturated carbocycles. The zero-order valence-corrected chi connectivity index (χ0v) is 11.8. The average molecular weight is 281 g/mol. The molecule has 0 aliphatic heterocycles. The number of rotatable bonds is 4. The molecule has 3 aromatic rings. The highest BCUT2D eigenvalue weighted by Gasteiger charge is 2.03. The van der Waals surface area contributed by atoms with E-state index in [-0.39, 0.29) is 0 Å². The van der Waals surface area contributed by atoms with Crippen molar-refractivity contribution in [2.45, 2.75) is 0 Å². The summed E-state index contributed by atoms with van der Waals surface area (Å²) in [5.74, 6) is 0.596. The van der Waals surface area contributed by atoms with Gasteiger partial charge in [-0.2, -0.15) is 5.10 Å². The van der Waals surface area contributed by atoms with Crippen molar-refractivity contribution in [3.8, 4) is 0 Å². The summed E-state index contributed by atoms with van der Waals surface area (Å²) in [4.78, 5) is 17.3. The molecule has 0 fully saturated rings. The molecule has 0 bridgehead atoms. The van der Waals surface area contributed by atoms with Crippen LogP contribution in [0.5, 0.6) is 0 Å². The first kappa shape index (κ1) is 13.0. The first-order valence-corrected chi connectivity index (χ1v) is 6.44. The fourth-order valence-corrected chi connectivity index (χ4v) is 1.88. The van der Waals surface area contributed by atoms with Gasteiger partial charge in [0.25, 0.3) is 0 Å². The third-order valence-corrected chi connectivity index (χ3v) is 3.02. The summed E-state index contributed by atoms with van der Waals surface area (Å²) in [5.41, 5.74) is 6.39. The van der Waals surface area contributed by atoms with Crippen LogP contribution in [0.3, 0.4) is 0 Å². The van der Waals surface area contributed by atoms with E-state index in [0.717, 1.165) is 16.8 Å². The van der Waals surface area contributed by atoms with Crippen molar-refractivity contribution >= 4 is 28.9 Å². The molecule has 0 spiro atoms. The van der Waals surface area contributed by atoms with Gasteiger partial charge in [-0.05, 0) is 17.7 Å². The molecule has 0 saturated heterocycles. The van der Waals surface area contributed by atoms with Crippen LogP contribution in [0.4, 0.5) is 11.5 Å².